The standard InChI is InChI=1S/C15H27N3/c1-11-7-13(3)14(8-12(11)2)5-6-18(4)10-15(17)9-16/h7-8,15H,5-6,9-10,16-17H2,1-4H3. The molecular weight excluding hydrogens is 222 g/mol. The summed E-state index contributed by atoms with van der Waals surface area (Å²) >= 11 is 0. The van der Waals surface area contributed by atoms with Crippen LogP contribution in [-0.4, -0.2) is 37.6 Å². The van der Waals surface area contributed by atoms with Gasteiger partial charge in [0.25, 0.3) is 0 Å². The monoisotopic (exact) mass is 249 g/mol. The van der Waals surface area contributed by atoms with Gasteiger partial charge in [-0.2, -0.15) is 0 Å². The average molecular weight is 249 g/mol. The lowest BCUT2D eigenvalue weighted by Crippen LogP contribution is -2.41. The van der Waals surface area contributed by atoms with Gasteiger partial charge in [-0.1, -0.05) is 12.1 Å². The minimum atomic E-state index is 0.0795. The average Bonchev–Trinajstić information content (AvgIpc) is 2.32. The van der Waals surface area contributed by atoms with Gasteiger partial charge in [-0.3, -0.25) is 0 Å². The second kappa shape index (κ2) is 6.88. The summed E-state index contributed by atoms with van der Waals surface area (Å²) in [6.07, 6.45) is 1.07. The molecule has 0 saturated heterocycles. The highest BCUT2D eigenvalue weighted by molar-refractivity contribution is 5.36. The van der Waals surface area contributed by atoms with Crippen molar-refractivity contribution in [1.29, 1.82) is 0 Å². The number of hydrogen-bond acceptors (Lipinski definition) is 3. The lowest BCUT2D eigenvalue weighted by Gasteiger charge is -2.21. The highest BCUT2D eigenvalue weighted by atomic mass is 15.1. The van der Waals surface area contributed by atoms with Gasteiger partial charge in [-0.15, -0.1) is 0 Å². The number of aryl methyl sites for hydroxylation is 3. The quantitative estimate of drug-likeness (QED) is 0.800. The third-order valence-electron chi connectivity index (χ3n) is 3.56. The van der Waals surface area contributed by atoms with Crippen molar-refractivity contribution in [2.24, 2.45) is 11.5 Å². The van der Waals surface area contributed by atoms with Gasteiger partial charge in [0.2, 0.25) is 0 Å². The van der Waals surface area contributed by atoms with Gasteiger partial charge in [-0.05, 0) is 56.5 Å². The molecule has 0 amide bonds. The van der Waals surface area contributed by atoms with Crippen molar-refractivity contribution in [2.45, 2.75) is 33.2 Å². The van der Waals surface area contributed by atoms with Crippen LogP contribution in [0.2, 0.25) is 0 Å². The number of nitrogens with zero attached hydrogens (tertiary/aromatic N) is 1. The van der Waals surface area contributed by atoms with E-state index >= 15 is 0 Å². The highest BCUT2D eigenvalue weighted by Gasteiger charge is 2.07. The minimum Gasteiger partial charge on any atom is -0.329 e. The van der Waals surface area contributed by atoms with Crippen molar-refractivity contribution in [2.75, 3.05) is 26.7 Å². The molecule has 0 fully saturated rings. The van der Waals surface area contributed by atoms with E-state index < -0.39 is 0 Å². The fourth-order valence-corrected chi connectivity index (χ4v) is 2.17. The zero-order chi connectivity index (χ0) is 13.7. The molecule has 1 atom stereocenters. The Morgan fingerprint density at radius 2 is 1.72 bits per heavy atom. The fraction of sp³-hybridized carbons (Fsp3) is 0.600. The molecule has 0 aliphatic rings. The fourth-order valence-electron chi connectivity index (χ4n) is 2.17. The van der Waals surface area contributed by atoms with Gasteiger partial charge in [0.15, 0.2) is 0 Å². The van der Waals surface area contributed by atoms with E-state index in [1.807, 2.05) is 0 Å². The molecule has 0 saturated carbocycles. The molecule has 1 rings (SSSR count). The summed E-state index contributed by atoms with van der Waals surface area (Å²) in [6.45, 7) is 8.96. The Hall–Kier alpha value is -0.900. The van der Waals surface area contributed by atoms with Crippen LogP contribution in [0, 0.1) is 20.8 Å². The van der Waals surface area contributed by atoms with Crippen LogP contribution in [0.15, 0.2) is 12.1 Å². The lowest BCUT2D eigenvalue weighted by molar-refractivity contribution is 0.316. The molecule has 4 N–H and O–H groups in total. The number of benzene rings is 1. The number of likely N-dealkylation sites (N-methyl/N-ethyl adjacent to an activating group) is 1. The Labute approximate surface area is 111 Å². The smallest absolute Gasteiger partial charge is 0.0292 e. The highest BCUT2D eigenvalue weighted by Crippen LogP contribution is 2.16. The second-order valence-corrected chi connectivity index (χ2v) is 5.37. The number of rotatable bonds is 6. The van der Waals surface area contributed by atoms with Gasteiger partial charge in [-0.25, -0.2) is 0 Å². The Balaban J connectivity index is 2.55. The summed E-state index contributed by atoms with van der Waals surface area (Å²) in [4.78, 5) is 2.26. The van der Waals surface area contributed by atoms with Gasteiger partial charge < -0.3 is 16.4 Å². The third-order valence-corrected chi connectivity index (χ3v) is 3.56. The van der Waals surface area contributed by atoms with Crippen LogP contribution in [0.4, 0.5) is 0 Å². The van der Waals surface area contributed by atoms with E-state index in [2.05, 4.69) is 44.9 Å². The van der Waals surface area contributed by atoms with E-state index in [9.17, 15) is 0 Å². The maximum atomic E-state index is 5.85. The predicted molar refractivity (Wildman–Crippen MR) is 78.9 cm³/mol. The van der Waals surface area contributed by atoms with E-state index in [4.69, 9.17) is 11.5 Å². The molecule has 102 valence electrons. The first kappa shape index (κ1) is 15.2. The molecule has 1 aromatic carbocycles. The van der Waals surface area contributed by atoms with Crippen molar-refractivity contribution >= 4 is 0 Å². The van der Waals surface area contributed by atoms with E-state index in [1.165, 1.54) is 22.3 Å². The van der Waals surface area contributed by atoms with Crippen molar-refractivity contribution in [3.63, 3.8) is 0 Å². The topological polar surface area (TPSA) is 55.3 Å². The van der Waals surface area contributed by atoms with E-state index in [0.717, 1.165) is 19.5 Å². The van der Waals surface area contributed by atoms with Gasteiger partial charge in [0, 0.05) is 25.7 Å². The van der Waals surface area contributed by atoms with Crippen molar-refractivity contribution in [1.82, 2.24) is 4.90 Å². The molecule has 0 aliphatic heterocycles. The first-order valence-corrected chi connectivity index (χ1v) is 6.65. The molecule has 3 heteroatoms. The van der Waals surface area contributed by atoms with Crippen LogP contribution < -0.4 is 11.5 Å². The first-order valence-electron chi connectivity index (χ1n) is 6.65. The summed E-state index contributed by atoms with van der Waals surface area (Å²) < 4.78 is 0. The molecule has 0 aliphatic carbocycles. The van der Waals surface area contributed by atoms with Crippen molar-refractivity contribution < 1.29 is 0 Å². The van der Waals surface area contributed by atoms with Crippen LogP contribution >= 0.6 is 0 Å². The maximum Gasteiger partial charge on any atom is 0.0292 e. The molecule has 1 aromatic rings. The van der Waals surface area contributed by atoms with Crippen molar-refractivity contribution in [3.8, 4) is 0 Å². The normalized spacial score (nSPS) is 13.1. The summed E-state index contributed by atoms with van der Waals surface area (Å²) in [7, 11) is 2.10. The molecule has 0 spiro atoms. The van der Waals surface area contributed by atoms with Crippen LogP contribution in [-0.2, 0) is 6.42 Å². The first-order chi connectivity index (χ1) is 8.43. The molecule has 3 nitrogen and oxygen atoms in total. The summed E-state index contributed by atoms with van der Waals surface area (Å²) in [5.74, 6) is 0. The third kappa shape index (κ3) is 4.41. The maximum absolute atomic E-state index is 5.85. The van der Waals surface area contributed by atoms with Gasteiger partial charge in [0.1, 0.15) is 0 Å². The van der Waals surface area contributed by atoms with E-state index in [1.54, 1.807) is 0 Å². The molecule has 1 unspecified atom stereocenters. The molecule has 0 heterocycles. The molecule has 18 heavy (non-hydrogen) atoms. The van der Waals surface area contributed by atoms with Gasteiger partial charge >= 0.3 is 0 Å². The Kier molecular flexibility index (Phi) is 5.79. The lowest BCUT2D eigenvalue weighted by atomic mass is 9.99. The number of hydrogen-bond donors (Lipinski definition) is 2. The molecule has 0 bridgehead atoms. The minimum absolute atomic E-state index is 0.0795. The predicted octanol–water partition coefficient (Wildman–Crippen LogP) is 1.37. The molecule has 0 radical (unpaired) electrons. The van der Waals surface area contributed by atoms with Crippen LogP contribution in [0.5, 0.6) is 0 Å². The van der Waals surface area contributed by atoms with Crippen LogP contribution in [0.25, 0.3) is 0 Å². The number of nitrogens with two attached hydrogens (primary N) is 2. The largest absolute Gasteiger partial charge is 0.329 e. The van der Waals surface area contributed by atoms with E-state index in [0.29, 0.717) is 6.54 Å². The Morgan fingerprint density at radius 1 is 1.11 bits per heavy atom. The zero-order valence-corrected chi connectivity index (χ0v) is 12.2. The van der Waals surface area contributed by atoms with Crippen LogP contribution in [0.3, 0.4) is 0 Å². The Bertz CT molecular complexity index is 388. The summed E-state index contributed by atoms with van der Waals surface area (Å²) in [5.41, 5.74) is 16.9. The summed E-state index contributed by atoms with van der Waals surface area (Å²) in [6, 6.07) is 4.66. The van der Waals surface area contributed by atoms with Crippen molar-refractivity contribution in [3.05, 3.63) is 34.4 Å². The Morgan fingerprint density at radius 3 is 2.33 bits per heavy atom. The molecule has 0 aromatic heterocycles. The van der Waals surface area contributed by atoms with Gasteiger partial charge in [0.05, 0.1) is 0 Å². The SMILES string of the molecule is Cc1cc(C)c(CCN(C)CC(N)CN)cc1C. The van der Waals surface area contributed by atoms with E-state index in [-0.39, 0.29) is 6.04 Å². The zero-order valence-electron chi connectivity index (χ0n) is 12.2. The van der Waals surface area contributed by atoms with Crippen LogP contribution in [0.1, 0.15) is 22.3 Å². The summed E-state index contributed by atoms with van der Waals surface area (Å²) in [5, 5.41) is 0. The second-order valence-electron chi connectivity index (χ2n) is 5.37. The molecular formula is C15H27N3.